The highest BCUT2D eigenvalue weighted by Gasteiger charge is 2.18. The van der Waals surface area contributed by atoms with E-state index < -0.39 is 0 Å². The number of nitrogens with zero attached hydrogens (tertiary/aromatic N) is 1. The van der Waals surface area contributed by atoms with Crippen LogP contribution in [-0.4, -0.2) is 50.1 Å². The summed E-state index contributed by atoms with van der Waals surface area (Å²) in [4.78, 5) is 26.6. The van der Waals surface area contributed by atoms with Gasteiger partial charge in [0.15, 0.2) is 0 Å². The predicted octanol–water partition coefficient (Wildman–Crippen LogP) is 2.42. The van der Waals surface area contributed by atoms with Gasteiger partial charge in [-0.25, -0.2) is 0 Å². The van der Waals surface area contributed by atoms with Crippen LogP contribution in [0.25, 0.3) is 0 Å². The number of para-hydroxylation sites is 1. The summed E-state index contributed by atoms with van der Waals surface area (Å²) in [7, 11) is 1.53. The zero-order valence-corrected chi connectivity index (χ0v) is 14.0. The molecule has 1 saturated heterocycles. The molecular weight excluding hydrogens is 320 g/mol. The van der Waals surface area contributed by atoms with Crippen LogP contribution < -0.4 is 10.1 Å². The minimum Gasteiger partial charge on any atom is -0.496 e. The van der Waals surface area contributed by atoms with Crippen molar-refractivity contribution >= 4 is 17.5 Å². The van der Waals surface area contributed by atoms with Gasteiger partial charge in [0.1, 0.15) is 5.75 Å². The Morgan fingerprint density at radius 2 is 1.72 bits per heavy atom. The second-order valence-electron chi connectivity index (χ2n) is 5.64. The topological polar surface area (TPSA) is 67.9 Å². The summed E-state index contributed by atoms with van der Waals surface area (Å²) in [5.41, 5.74) is 1.67. The van der Waals surface area contributed by atoms with Crippen molar-refractivity contribution in [2.45, 2.75) is 0 Å². The van der Waals surface area contributed by atoms with Gasteiger partial charge in [0.05, 0.1) is 25.9 Å². The summed E-state index contributed by atoms with van der Waals surface area (Å²) in [6.07, 6.45) is 0. The Bertz CT molecular complexity index is 752. The van der Waals surface area contributed by atoms with E-state index in [1.54, 1.807) is 47.4 Å². The van der Waals surface area contributed by atoms with Crippen molar-refractivity contribution in [2.75, 3.05) is 38.7 Å². The Balaban J connectivity index is 1.68. The molecule has 0 atom stereocenters. The minimum atomic E-state index is -0.260. The Kier molecular flexibility index (Phi) is 5.30. The summed E-state index contributed by atoms with van der Waals surface area (Å²) in [6, 6.07) is 13.9. The molecule has 0 bridgehead atoms. The number of ether oxygens (including phenoxy) is 2. The van der Waals surface area contributed by atoms with Crippen LogP contribution in [0.4, 0.5) is 5.69 Å². The molecule has 0 radical (unpaired) electrons. The zero-order valence-electron chi connectivity index (χ0n) is 14.0. The van der Waals surface area contributed by atoms with Crippen LogP contribution in [-0.2, 0) is 4.74 Å². The number of benzene rings is 2. The largest absolute Gasteiger partial charge is 0.496 e. The lowest BCUT2D eigenvalue weighted by molar-refractivity contribution is 0.0303. The summed E-state index contributed by atoms with van der Waals surface area (Å²) in [6.45, 7) is 2.34. The third-order valence-electron chi connectivity index (χ3n) is 4.04. The SMILES string of the molecule is COc1ccccc1C(=O)Nc1ccc(C(=O)N2CCOCC2)cc1. The number of anilines is 1. The van der Waals surface area contributed by atoms with Crippen LogP contribution in [0.2, 0.25) is 0 Å². The molecule has 6 heteroatoms. The number of amides is 2. The van der Waals surface area contributed by atoms with E-state index in [2.05, 4.69) is 5.32 Å². The van der Waals surface area contributed by atoms with Crippen LogP contribution in [0.1, 0.15) is 20.7 Å². The maximum atomic E-state index is 12.4. The number of carbonyl (C=O) groups is 2. The van der Waals surface area contributed by atoms with Crippen LogP contribution in [0, 0.1) is 0 Å². The van der Waals surface area contributed by atoms with Gasteiger partial charge in [-0.05, 0) is 36.4 Å². The van der Waals surface area contributed by atoms with Crippen molar-refractivity contribution in [2.24, 2.45) is 0 Å². The van der Waals surface area contributed by atoms with Crippen LogP contribution in [0.15, 0.2) is 48.5 Å². The first kappa shape index (κ1) is 17.0. The highest BCUT2D eigenvalue weighted by Crippen LogP contribution is 2.19. The number of rotatable bonds is 4. The van der Waals surface area contributed by atoms with Crippen LogP contribution in [0.3, 0.4) is 0 Å². The number of nitrogens with one attached hydrogen (secondary N) is 1. The van der Waals surface area contributed by atoms with Gasteiger partial charge in [0, 0.05) is 24.3 Å². The maximum absolute atomic E-state index is 12.4. The molecule has 1 aliphatic heterocycles. The van der Waals surface area contributed by atoms with Crippen molar-refractivity contribution < 1.29 is 19.1 Å². The van der Waals surface area contributed by atoms with Crippen LogP contribution in [0.5, 0.6) is 5.75 Å². The van der Waals surface area contributed by atoms with Gasteiger partial charge < -0.3 is 19.7 Å². The van der Waals surface area contributed by atoms with Crippen LogP contribution >= 0.6 is 0 Å². The van der Waals surface area contributed by atoms with E-state index in [0.29, 0.717) is 48.9 Å². The monoisotopic (exact) mass is 340 g/mol. The summed E-state index contributed by atoms with van der Waals surface area (Å²) >= 11 is 0. The molecule has 1 aliphatic rings. The fourth-order valence-corrected chi connectivity index (χ4v) is 2.68. The van der Waals surface area contributed by atoms with Crippen molar-refractivity contribution in [3.8, 4) is 5.75 Å². The molecule has 0 spiro atoms. The molecule has 2 amide bonds. The van der Waals surface area contributed by atoms with E-state index in [1.807, 2.05) is 6.07 Å². The van der Waals surface area contributed by atoms with E-state index in [-0.39, 0.29) is 11.8 Å². The van der Waals surface area contributed by atoms with Crippen molar-refractivity contribution in [3.63, 3.8) is 0 Å². The lowest BCUT2D eigenvalue weighted by Gasteiger charge is -2.26. The fourth-order valence-electron chi connectivity index (χ4n) is 2.68. The normalized spacial score (nSPS) is 14.0. The smallest absolute Gasteiger partial charge is 0.259 e. The van der Waals surface area contributed by atoms with E-state index in [9.17, 15) is 9.59 Å². The van der Waals surface area contributed by atoms with Gasteiger partial charge in [0.25, 0.3) is 11.8 Å². The Morgan fingerprint density at radius 3 is 2.40 bits per heavy atom. The molecular formula is C19H20N2O4. The molecule has 2 aromatic rings. The van der Waals surface area contributed by atoms with E-state index in [4.69, 9.17) is 9.47 Å². The number of morpholine rings is 1. The molecule has 6 nitrogen and oxygen atoms in total. The minimum absolute atomic E-state index is 0.0223. The summed E-state index contributed by atoms with van der Waals surface area (Å²) in [5.74, 6) is 0.231. The molecule has 1 fully saturated rings. The number of hydrogen-bond donors (Lipinski definition) is 1. The molecule has 25 heavy (non-hydrogen) atoms. The summed E-state index contributed by atoms with van der Waals surface area (Å²) < 4.78 is 10.5. The molecule has 0 saturated carbocycles. The first-order chi connectivity index (χ1) is 12.2. The highest BCUT2D eigenvalue weighted by molar-refractivity contribution is 6.06. The molecule has 0 unspecified atom stereocenters. The second kappa shape index (κ2) is 7.81. The molecule has 3 rings (SSSR count). The van der Waals surface area contributed by atoms with Crippen molar-refractivity contribution in [1.29, 1.82) is 0 Å². The lowest BCUT2D eigenvalue weighted by atomic mass is 10.1. The standard InChI is InChI=1S/C19H20N2O4/c1-24-17-5-3-2-4-16(17)18(22)20-15-8-6-14(7-9-15)19(23)21-10-12-25-13-11-21/h2-9H,10-13H2,1H3,(H,20,22). The number of carbonyl (C=O) groups excluding carboxylic acids is 2. The van der Waals surface area contributed by atoms with E-state index in [0.717, 1.165) is 0 Å². The quantitative estimate of drug-likeness (QED) is 0.928. The Hall–Kier alpha value is -2.86. The van der Waals surface area contributed by atoms with E-state index in [1.165, 1.54) is 7.11 Å². The number of hydrogen-bond acceptors (Lipinski definition) is 4. The van der Waals surface area contributed by atoms with Gasteiger partial charge in [-0.15, -0.1) is 0 Å². The van der Waals surface area contributed by atoms with Gasteiger partial charge in [-0.1, -0.05) is 12.1 Å². The fraction of sp³-hybridized carbons (Fsp3) is 0.263. The average molecular weight is 340 g/mol. The first-order valence-electron chi connectivity index (χ1n) is 8.10. The van der Waals surface area contributed by atoms with Gasteiger partial charge >= 0.3 is 0 Å². The lowest BCUT2D eigenvalue weighted by Crippen LogP contribution is -2.40. The highest BCUT2D eigenvalue weighted by atomic mass is 16.5. The van der Waals surface area contributed by atoms with Gasteiger partial charge in [0.2, 0.25) is 0 Å². The Morgan fingerprint density at radius 1 is 1.04 bits per heavy atom. The zero-order chi connectivity index (χ0) is 17.6. The third-order valence-corrected chi connectivity index (χ3v) is 4.04. The predicted molar refractivity (Wildman–Crippen MR) is 94.1 cm³/mol. The number of methoxy groups -OCH3 is 1. The Labute approximate surface area is 146 Å². The molecule has 130 valence electrons. The third kappa shape index (κ3) is 3.97. The molecule has 1 N–H and O–H groups in total. The molecule has 0 aromatic heterocycles. The van der Waals surface area contributed by atoms with Crippen molar-refractivity contribution in [1.82, 2.24) is 4.90 Å². The average Bonchev–Trinajstić information content (AvgIpc) is 2.68. The van der Waals surface area contributed by atoms with Gasteiger partial charge in [-0.2, -0.15) is 0 Å². The first-order valence-corrected chi connectivity index (χ1v) is 8.10. The van der Waals surface area contributed by atoms with Crippen molar-refractivity contribution in [3.05, 3.63) is 59.7 Å². The molecule has 1 heterocycles. The summed E-state index contributed by atoms with van der Waals surface area (Å²) in [5, 5.41) is 2.81. The molecule has 0 aliphatic carbocycles. The second-order valence-corrected chi connectivity index (χ2v) is 5.64. The van der Waals surface area contributed by atoms with Gasteiger partial charge in [-0.3, -0.25) is 9.59 Å². The molecule has 2 aromatic carbocycles. The van der Waals surface area contributed by atoms with E-state index >= 15 is 0 Å². The maximum Gasteiger partial charge on any atom is 0.259 e.